The summed E-state index contributed by atoms with van der Waals surface area (Å²) in [6, 6.07) is 3.79. The molecular weight excluding hydrogens is 312 g/mol. The summed E-state index contributed by atoms with van der Waals surface area (Å²) < 4.78 is 54.5. The van der Waals surface area contributed by atoms with Crippen molar-refractivity contribution in [2.75, 3.05) is 5.32 Å². The zero-order chi connectivity index (χ0) is 16.6. The first kappa shape index (κ1) is 15.0. The highest BCUT2D eigenvalue weighted by atomic mass is 19.1. The molecule has 4 nitrogen and oxygen atoms in total. The van der Waals surface area contributed by atoms with Crippen LogP contribution in [0.1, 0.15) is 5.82 Å². The van der Waals surface area contributed by atoms with Crippen LogP contribution in [0, 0.1) is 23.3 Å². The summed E-state index contributed by atoms with van der Waals surface area (Å²) in [6.45, 7) is 3.07. The van der Waals surface area contributed by atoms with E-state index in [0.717, 1.165) is 24.3 Å². The van der Waals surface area contributed by atoms with Gasteiger partial charge in [-0.05, 0) is 31.0 Å². The molecule has 118 valence electrons. The minimum absolute atomic E-state index is 0.0939. The number of rotatable bonds is 4. The van der Waals surface area contributed by atoms with Crippen molar-refractivity contribution < 1.29 is 17.6 Å². The Hall–Kier alpha value is -2.90. The van der Waals surface area contributed by atoms with Gasteiger partial charge in [-0.25, -0.2) is 22.5 Å². The lowest BCUT2D eigenvalue weighted by molar-refractivity contribution is 0.604. The fraction of sp³-hybridized carbons (Fsp3) is 0.0667. The lowest BCUT2D eigenvalue weighted by atomic mass is 10.2. The van der Waals surface area contributed by atoms with Crippen molar-refractivity contribution in [2.45, 2.75) is 6.54 Å². The molecule has 0 amide bonds. The third-order valence-corrected chi connectivity index (χ3v) is 3.26. The minimum atomic E-state index is -0.745. The number of hydrogen-bond acceptors (Lipinski definition) is 3. The number of imidazole rings is 1. The number of benzene rings is 2. The van der Waals surface area contributed by atoms with Crippen molar-refractivity contribution in [3.63, 3.8) is 0 Å². The maximum absolute atomic E-state index is 13.8. The first-order valence-corrected chi connectivity index (χ1v) is 6.52. The molecule has 2 aromatic carbocycles. The van der Waals surface area contributed by atoms with E-state index >= 15 is 0 Å². The third kappa shape index (κ3) is 2.63. The van der Waals surface area contributed by atoms with Crippen LogP contribution < -0.4 is 5.32 Å². The van der Waals surface area contributed by atoms with Crippen molar-refractivity contribution in [3.8, 4) is 0 Å². The molecule has 0 atom stereocenters. The normalized spacial score (nSPS) is 11.0. The summed E-state index contributed by atoms with van der Waals surface area (Å²) in [6.07, 6.45) is 0. The first-order valence-electron chi connectivity index (χ1n) is 6.52. The fourth-order valence-electron chi connectivity index (χ4n) is 2.20. The average Bonchev–Trinajstić information content (AvgIpc) is 2.97. The van der Waals surface area contributed by atoms with Crippen LogP contribution in [-0.4, -0.2) is 16.7 Å². The van der Waals surface area contributed by atoms with Crippen molar-refractivity contribution in [1.82, 2.24) is 9.97 Å². The SMILES string of the molecule is C=Nc1c(F)ccc(F)c1NCc1nc2c(F)ccc(F)c2[nH]1. The summed E-state index contributed by atoms with van der Waals surface area (Å²) in [5.74, 6) is -2.67. The zero-order valence-electron chi connectivity index (χ0n) is 11.6. The van der Waals surface area contributed by atoms with Crippen LogP contribution in [-0.2, 0) is 6.54 Å². The topological polar surface area (TPSA) is 53.1 Å². The Labute approximate surface area is 127 Å². The second-order valence-electron chi connectivity index (χ2n) is 4.70. The molecule has 1 heterocycles. The highest BCUT2D eigenvalue weighted by Crippen LogP contribution is 2.31. The zero-order valence-corrected chi connectivity index (χ0v) is 11.6. The lowest BCUT2D eigenvalue weighted by Gasteiger charge is -2.09. The van der Waals surface area contributed by atoms with Crippen LogP contribution in [0.15, 0.2) is 29.3 Å². The molecule has 0 spiro atoms. The standard InChI is InChI=1S/C15H10F4N4/c1-20-12-7(16)2-3-8(17)13(12)21-6-11-22-14-9(18)4-5-10(19)15(14)23-11/h2-5,21H,1,6H2,(H,22,23). The predicted octanol–water partition coefficient (Wildman–Crippen LogP) is 4.06. The molecule has 2 N–H and O–H groups in total. The number of aliphatic imine (C=N–C) groups is 1. The fourth-order valence-corrected chi connectivity index (χ4v) is 2.20. The van der Waals surface area contributed by atoms with E-state index in [0.29, 0.717) is 0 Å². The number of fused-ring (bicyclic) bond motifs is 1. The molecule has 0 radical (unpaired) electrons. The van der Waals surface area contributed by atoms with Crippen LogP contribution in [0.25, 0.3) is 11.0 Å². The molecule has 3 aromatic rings. The van der Waals surface area contributed by atoms with Gasteiger partial charge in [0.25, 0.3) is 0 Å². The van der Waals surface area contributed by atoms with E-state index in [1.807, 2.05) is 0 Å². The Morgan fingerprint density at radius 3 is 2.35 bits per heavy atom. The van der Waals surface area contributed by atoms with Gasteiger partial charge < -0.3 is 10.3 Å². The second kappa shape index (κ2) is 5.71. The average molecular weight is 322 g/mol. The van der Waals surface area contributed by atoms with Crippen LogP contribution in [0.5, 0.6) is 0 Å². The highest BCUT2D eigenvalue weighted by Gasteiger charge is 2.15. The predicted molar refractivity (Wildman–Crippen MR) is 78.9 cm³/mol. The number of nitrogens with one attached hydrogen (secondary N) is 2. The maximum atomic E-state index is 13.8. The van der Waals surface area contributed by atoms with Crippen LogP contribution >= 0.6 is 0 Å². The van der Waals surface area contributed by atoms with Gasteiger partial charge in [0, 0.05) is 0 Å². The summed E-state index contributed by atoms with van der Waals surface area (Å²) >= 11 is 0. The van der Waals surface area contributed by atoms with Crippen molar-refractivity contribution in [1.29, 1.82) is 0 Å². The van der Waals surface area contributed by atoms with Gasteiger partial charge in [-0.3, -0.25) is 4.99 Å². The summed E-state index contributed by atoms with van der Waals surface area (Å²) in [5.41, 5.74) is -0.743. The number of anilines is 1. The Balaban J connectivity index is 1.93. The van der Waals surface area contributed by atoms with Gasteiger partial charge in [0.15, 0.2) is 11.6 Å². The number of H-pyrrole nitrogens is 1. The lowest BCUT2D eigenvalue weighted by Crippen LogP contribution is -2.04. The molecule has 0 fully saturated rings. The number of nitrogens with zero attached hydrogens (tertiary/aromatic N) is 2. The van der Waals surface area contributed by atoms with Crippen LogP contribution in [0.3, 0.4) is 0 Å². The molecule has 23 heavy (non-hydrogen) atoms. The smallest absolute Gasteiger partial charge is 0.151 e. The second-order valence-corrected chi connectivity index (χ2v) is 4.70. The van der Waals surface area contributed by atoms with Gasteiger partial charge >= 0.3 is 0 Å². The molecule has 8 heteroatoms. The Bertz CT molecular complexity index is 865. The summed E-state index contributed by atoms with van der Waals surface area (Å²) in [7, 11) is 0. The molecular formula is C15H10F4N4. The third-order valence-electron chi connectivity index (χ3n) is 3.26. The summed E-state index contributed by atoms with van der Waals surface area (Å²) in [4.78, 5) is 9.93. The Morgan fingerprint density at radius 1 is 1.00 bits per heavy atom. The van der Waals surface area contributed by atoms with E-state index in [1.54, 1.807) is 0 Å². The molecule has 0 saturated carbocycles. The van der Waals surface area contributed by atoms with E-state index < -0.39 is 23.3 Å². The van der Waals surface area contributed by atoms with E-state index in [9.17, 15) is 17.6 Å². The molecule has 0 aliphatic heterocycles. The number of aromatic nitrogens is 2. The van der Waals surface area contributed by atoms with E-state index in [2.05, 4.69) is 27.0 Å². The summed E-state index contributed by atoms with van der Waals surface area (Å²) in [5, 5.41) is 2.60. The largest absolute Gasteiger partial charge is 0.374 e. The van der Waals surface area contributed by atoms with E-state index in [-0.39, 0.29) is 34.8 Å². The van der Waals surface area contributed by atoms with Gasteiger partial charge in [0.2, 0.25) is 0 Å². The molecule has 3 rings (SSSR count). The van der Waals surface area contributed by atoms with Crippen molar-refractivity contribution >= 4 is 29.1 Å². The van der Waals surface area contributed by atoms with Gasteiger partial charge in [0.05, 0.1) is 12.2 Å². The number of hydrogen-bond donors (Lipinski definition) is 2. The molecule has 0 aliphatic rings. The highest BCUT2D eigenvalue weighted by molar-refractivity contribution is 5.76. The Kier molecular flexibility index (Phi) is 3.73. The van der Waals surface area contributed by atoms with Crippen molar-refractivity contribution in [2.24, 2.45) is 4.99 Å². The Morgan fingerprint density at radius 2 is 1.65 bits per heavy atom. The van der Waals surface area contributed by atoms with Crippen LogP contribution in [0.4, 0.5) is 28.9 Å². The van der Waals surface area contributed by atoms with Gasteiger partial charge in [-0.15, -0.1) is 0 Å². The number of aromatic amines is 1. The quantitative estimate of drug-likeness (QED) is 0.562. The molecule has 0 bridgehead atoms. The maximum Gasteiger partial charge on any atom is 0.151 e. The van der Waals surface area contributed by atoms with E-state index in [1.165, 1.54) is 0 Å². The van der Waals surface area contributed by atoms with Crippen molar-refractivity contribution in [3.05, 3.63) is 53.4 Å². The first-order chi connectivity index (χ1) is 11.0. The van der Waals surface area contributed by atoms with Gasteiger partial charge in [-0.2, -0.15) is 0 Å². The molecule has 0 unspecified atom stereocenters. The van der Waals surface area contributed by atoms with Crippen LogP contribution in [0.2, 0.25) is 0 Å². The molecule has 0 saturated heterocycles. The molecule has 0 aliphatic carbocycles. The van der Waals surface area contributed by atoms with Gasteiger partial charge in [0.1, 0.15) is 34.2 Å². The van der Waals surface area contributed by atoms with Gasteiger partial charge in [-0.1, -0.05) is 0 Å². The monoisotopic (exact) mass is 322 g/mol. The minimum Gasteiger partial charge on any atom is -0.374 e. The molecule has 1 aromatic heterocycles. The number of halogens is 4. The van der Waals surface area contributed by atoms with E-state index in [4.69, 9.17) is 0 Å².